The fraction of sp³-hybridized carbons (Fsp3) is 0.467. The van der Waals surface area contributed by atoms with E-state index in [1.165, 1.54) is 25.3 Å². The van der Waals surface area contributed by atoms with Crippen molar-refractivity contribution in [2.45, 2.75) is 31.7 Å². The number of carbonyl (C=O) groups excluding carboxylic acids is 1. The summed E-state index contributed by atoms with van der Waals surface area (Å²) < 4.78 is 18.1. The van der Waals surface area contributed by atoms with Crippen molar-refractivity contribution in [3.8, 4) is 5.75 Å². The van der Waals surface area contributed by atoms with Crippen molar-refractivity contribution in [2.75, 3.05) is 7.11 Å². The average molecular weight is 295 g/mol. The number of halogens is 1. The molecule has 114 valence electrons. The molecule has 0 spiro atoms. The number of nitrogens with one attached hydrogen (secondary N) is 1. The number of ether oxygens (including phenoxy) is 1. The third kappa shape index (κ3) is 3.71. The Labute approximate surface area is 122 Å². The van der Waals surface area contributed by atoms with Crippen molar-refractivity contribution >= 4 is 11.9 Å². The Bertz CT molecular complexity index is 538. The normalized spacial score (nSPS) is 21.6. The molecule has 0 atom stereocenters. The van der Waals surface area contributed by atoms with Crippen LogP contribution in [0.2, 0.25) is 0 Å². The lowest BCUT2D eigenvalue weighted by Gasteiger charge is -2.26. The van der Waals surface area contributed by atoms with Crippen molar-refractivity contribution in [1.29, 1.82) is 0 Å². The number of hydrogen-bond acceptors (Lipinski definition) is 3. The van der Waals surface area contributed by atoms with Gasteiger partial charge in [0.2, 0.25) is 0 Å². The van der Waals surface area contributed by atoms with E-state index in [1.807, 2.05) is 0 Å². The van der Waals surface area contributed by atoms with Gasteiger partial charge in [-0.1, -0.05) is 0 Å². The number of rotatable bonds is 4. The highest BCUT2D eigenvalue weighted by Gasteiger charge is 2.27. The second kappa shape index (κ2) is 6.56. The van der Waals surface area contributed by atoms with E-state index in [9.17, 15) is 14.0 Å². The highest BCUT2D eigenvalue weighted by Crippen LogP contribution is 2.25. The van der Waals surface area contributed by atoms with Crippen LogP contribution in [-0.4, -0.2) is 30.1 Å². The Kier molecular flexibility index (Phi) is 4.77. The zero-order valence-corrected chi connectivity index (χ0v) is 11.8. The van der Waals surface area contributed by atoms with E-state index in [4.69, 9.17) is 9.84 Å². The highest BCUT2D eigenvalue weighted by molar-refractivity contribution is 5.94. The third-order valence-electron chi connectivity index (χ3n) is 3.82. The second-order valence-corrected chi connectivity index (χ2v) is 5.21. The van der Waals surface area contributed by atoms with Gasteiger partial charge < -0.3 is 15.2 Å². The topological polar surface area (TPSA) is 75.6 Å². The lowest BCUT2D eigenvalue weighted by Crippen LogP contribution is -2.38. The van der Waals surface area contributed by atoms with E-state index >= 15 is 0 Å². The fourth-order valence-electron chi connectivity index (χ4n) is 2.55. The summed E-state index contributed by atoms with van der Waals surface area (Å²) in [5.74, 6) is -1.88. The van der Waals surface area contributed by atoms with Crippen LogP contribution in [0, 0.1) is 11.7 Å². The minimum atomic E-state index is -0.775. The minimum Gasteiger partial charge on any atom is -0.494 e. The Balaban J connectivity index is 1.95. The number of aliphatic carboxylic acids is 1. The van der Waals surface area contributed by atoms with Crippen LogP contribution in [0.25, 0.3) is 0 Å². The van der Waals surface area contributed by atoms with Gasteiger partial charge in [-0.25, -0.2) is 4.39 Å². The summed E-state index contributed by atoms with van der Waals surface area (Å²) in [5, 5.41) is 11.8. The molecule has 0 aliphatic heterocycles. The van der Waals surface area contributed by atoms with E-state index in [1.54, 1.807) is 0 Å². The number of benzene rings is 1. The molecule has 1 saturated carbocycles. The van der Waals surface area contributed by atoms with Crippen molar-refractivity contribution in [3.05, 3.63) is 29.6 Å². The molecule has 0 heterocycles. The third-order valence-corrected chi connectivity index (χ3v) is 3.82. The average Bonchev–Trinajstić information content (AvgIpc) is 2.48. The number of carboxylic acid groups (broad SMARTS) is 1. The molecule has 0 aromatic heterocycles. The number of methoxy groups -OCH3 is 1. The van der Waals surface area contributed by atoms with E-state index < -0.39 is 11.8 Å². The number of carbonyl (C=O) groups is 2. The predicted octanol–water partition coefficient (Wildman–Crippen LogP) is 2.21. The van der Waals surface area contributed by atoms with Gasteiger partial charge >= 0.3 is 5.97 Å². The summed E-state index contributed by atoms with van der Waals surface area (Å²) in [6, 6.07) is 3.91. The second-order valence-electron chi connectivity index (χ2n) is 5.21. The Morgan fingerprint density at radius 2 is 1.95 bits per heavy atom. The summed E-state index contributed by atoms with van der Waals surface area (Å²) in [6.45, 7) is 0. The van der Waals surface area contributed by atoms with Gasteiger partial charge in [-0.3, -0.25) is 9.59 Å². The first-order valence-electron chi connectivity index (χ1n) is 6.88. The molecule has 1 fully saturated rings. The summed E-state index contributed by atoms with van der Waals surface area (Å²) >= 11 is 0. The lowest BCUT2D eigenvalue weighted by molar-refractivity contribution is -0.142. The zero-order chi connectivity index (χ0) is 15.4. The van der Waals surface area contributed by atoms with Gasteiger partial charge in [-0.15, -0.1) is 0 Å². The van der Waals surface area contributed by atoms with Gasteiger partial charge in [0.05, 0.1) is 13.0 Å². The van der Waals surface area contributed by atoms with Crippen LogP contribution >= 0.6 is 0 Å². The molecule has 21 heavy (non-hydrogen) atoms. The van der Waals surface area contributed by atoms with Crippen molar-refractivity contribution in [1.82, 2.24) is 5.32 Å². The molecule has 1 aromatic rings. The van der Waals surface area contributed by atoms with Gasteiger partial charge in [-0.2, -0.15) is 0 Å². The quantitative estimate of drug-likeness (QED) is 0.893. The standard InChI is InChI=1S/C15H18FNO4/c1-21-13-8-10(4-7-12(13)16)14(18)17-11-5-2-9(3-6-11)15(19)20/h4,7-9,11H,2-3,5-6H2,1H3,(H,17,18)(H,19,20). The van der Waals surface area contributed by atoms with E-state index in [2.05, 4.69) is 5.32 Å². The Morgan fingerprint density at radius 3 is 2.52 bits per heavy atom. The molecule has 6 heteroatoms. The van der Waals surface area contributed by atoms with Crippen LogP contribution in [0.1, 0.15) is 36.0 Å². The van der Waals surface area contributed by atoms with Gasteiger partial charge in [-0.05, 0) is 43.9 Å². The van der Waals surface area contributed by atoms with Crippen molar-refractivity contribution < 1.29 is 23.8 Å². The molecule has 0 radical (unpaired) electrons. The lowest BCUT2D eigenvalue weighted by atomic mass is 9.86. The zero-order valence-electron chi connectivity index (χ0n) is 11.8. The van der Waals surface area contributed by atoms with Crippen LogP contribution in [0.4, 0.5) is 4.39 Å². The van der Waals surface area contributed by atoms with Gasteiger partial charge in [0.1, 0.15) is 0 Å². The molecule has 1 aliphatic rings. The van der Waals surface area contributed by atoms with Gasteiger partial charge in [0.15, 0.2) is 11.6 Å². The van der Waals surface area contributed by atoms with Crippen LogP contribution in [-0.2, 0) is 4.79 Å². The molecule has 1 aliphatic carbocycles. The number of amides is 1. The molecular weight excluding hydrogens is 277 g/mol. The summed E-state index contributed by atoms with van der Waals surface area (Å²) in [7, 11) is 1.34. The predicted molar refractivity (Wildman–Crippen MR) is 73.8 cm³/mol. The monoisotopic (exact) mass is 295 g/mol. The Morgan fingerprint density at radius 1 is 1.29 bits per heavy atom. The van der Waals surface area contributed by atoms with E-state index in [0.717, 1.165) is 0 Å². The first-order valence-corrected chi connectivity index (χ1v) is 6.88. The SMILES string of the molecule is COc1cc(C(=O)NC2CCC(C(=O)O)CC2)ccc1F. The van der Waals surface area contributed by atoms with Crippen LogP contribution in [0.5, 0.6) is 5.75 Å². The maximum absolute atomic E-state index is 13.3. The maximum atomic E-state index is 13.3. The van der Waals surface area contributed by atoms with Crippen LogP contribution in [0.3, 0.4) is 0 Å². The smallest absolute Gasteiger partial charge is 0.306 e. The molecule has 2 rings (SSSR count). The molecular formula is C15H18FNO4. The maximum Gasteiger partial charge on any atom is 0.306 e. The minimum absolute atomic E-state index is 0.0252. The highest BCUT2D eigenvalue weighted by atomic mass is 19.1. The van der Waals surface area contributed by atoms with Crippen molar-refractivity contribution in [2.24, 2.45) is 5.92 Å². The fourth-order valence-corrected chi connectivity index (χ4v) is 2.55. The van der Waals surface area contributed by atoms with E-state index in [-0.39, 0.29) is 23.6 Å². The molecule has 5 nitrogen and oxygen atoms in total. The number of carboxylic acids is 1. The molecule has 0 unspecified atom stereocenters. The molecule has 0 saturated heterocycles. The van der Waals surface area contributed by atoms with Crippen LogP contribution in [0.15, 0.2) is 18.2 Å². The molecule has 0 bridgehead atoms. The molecule has 1 aromatic carbocycles. The largest absolute Gasteiger partial charge is 0.494 e. The number of hydrogen-bond donors (Lipinski definition) is 2. The van der Waals surface area contributed by atoms with E-state index in [0.29, 0.717) is 31.2 Å². The van der Waals surface area contributed by atoms with Crippen molar-refractivity contribution in [3.63, 3.8) is 0 Å². The summed E-state index contributed by atoms with van der Waals surface area (Å²) in [6.07, 6.45) is 2.40. The van der Waals surface area contributed by atoms with Crippen LogP contribution < -0.4 is 10.1 Å². The summed E-state index contributed by atoms with van der Waals surface area (Å²) in [4.78, 5) is 23.0. The molecule has 2 N–H and O–H groups in total. The first-order chi connectivity index (χ1) is 10.0. The molecule has 1 amide bonds. The first kappa shape index (κ1) is 15.3. The van der Waals surface area contributed by atoms with Gasteiger partial charge in [0.25, 0.3) is 5.91 Å². The van der Waals surface area contributed by atoms with Gasteiger partial charge in [0, 0.05) is 11.6 Å². The Hall–Kier alpha value is -2.11. The summed E-state index contributed by atoms with van der Waals surface area (Å²) in [5.41, 5.74) is 0.327.